The summed E-state index contributed by atoms with van der Waals surface area (Å²) in [4.78, 5) is 4.39. The third-order valence-electron chi connectivity index (χ3n) is 2.50. The molecule has 0 fully saturated rings. The molecule has 4 heteroatoms. The molecule has 0 bridgehead atoms. The van der Waals surface area contributed by atoms with E-state index in [-0.39, 0.29) is 5.82 Å². The van der Waals surface area contributed by atoms with Crippen LogP contribution in [0.25, 0.3) is 0 Å². The van der Waals surface area contributed by atoms with Gasteiger partial charge in [-0.3, -0.25) is 0 Å². The van der Waals surface area contributed by atoms with E-state index in [1.165, 1.54) is 12.1 Å². The molecule has 1 heterocycles. The van der Waals surface area contributed by atoms with Gasteiger partial charge in [-0.1, -0.05) is 12.1 Å². The summed E-state index contributed by atoms with van der Waals surface area (Å²) in [5.74, 6) is 0.650. The van der Waals surface area contributed by atoms with E-state index in [0.717, 1.165) is 23.8 Å². The van der Waals surface area contributed by atoms with Crippen LogP contribution in [0.4, 0.5) is 10.3 Å². The molecule has 3 nitrogen and oxygen atoms in total. The van der Waals surface area contributed by atoms with Crippen molar-refractivity contribution in [3.8, 4) is 0 Å². The van der Waals surface area contributed by atoms with Crippen LogP contribution in [-0.4, -0.2) is 16.1 Å². The Balaban J connectivity index is 2.20. The van der Waals surface area contributed by atoms with Crippen molar-refractivity contribution >= 4 is 5.95 Å². The predicted molar refractivity (Wildman–Crippen MR) is 66.6 cm³/mol. The molecule has 1 N–H and O–H groups in total. The average molecular weight is 233 g/mol. The van der Waals surface area contributed by atoms with Crippen molar-refractivity contribution in [2.45, 2.75) is 20.4 Å². The summed E-state index contributed by atoms with van der Waals surface area (Å²) in [5, 5.41) is 3.21. The minimum atomic E-state index is -0.206. The quantitative estimate of drug-likeness (QED) is 0.880. The minimum absolute atomic E-state index is 0.206. The SMILES string of the molecule is CCNc1nc(C)cn1Cc1ccc(F)cc1. The highest BCUT2D eigenvalue weighted by molar-refractivity contribution is 5.30. The molecule has 17 heavy (non-hydrogen) atoms. The zero-order valence-corrected chi connectivity index (χ0v) is 10.1. The molecular weight excluding hydrogens is 217 g/mol. The lowest BCUT2D eigenvalue weighted by Crippen LogP contribution is -2.07. The Morgan fingerprint density at radius 2 is 2.00 bits per heavy atom. The molecule has 0 aliphatic heterocycles. The van der Waals surface area contributed by atoms with Gasteiger partial charge >= 0.3 is 0 Å². The molecule has 1 aromatic carbocycles. The molecular formula is C13H16FN3. The average Bonchev–Trinajstić information content (AvgIpc) is 2.63. The second-order valence-electron chi connectivity index (χ2n) is 3.99. The van der Waals surface area contributed by atoms with Gasteiger partial charge in [-0.05, 0) is 31.5 Å². The number of nitrogens with zero attached hydrogens (tertiary/aromatic N) is 2. The first-order valence-corrected chi connectivity index (χ1v) is 5.71. The van der Waals surface area contributed by atoms with Crippen molar-refractivity contribution in [3.63, 3.8) is 0 Å². The second-order valence-corrected chi connectivity index (χ2v) is 3.99. The van der Waals surface area contributed by atoms with E-state index in [2.05, 4.69) is 10.3 Å². The number of aryl methyl sites for hydroxylation is 1. The summed E-state index contributed by atoms with van der Waals surface area (Å²) in [6.45, 7) is 5.53. The number of anilines is 1. The Morgan fingerprint density at radius 1 is 1.29 bits per heavy atom. The van der Waals surface area contributed by atoms with Gasteiger partial charge in [0, 0.05) is 12.7 Å². The maximum Gasteiger partial charge on any atom is 0.203 e. The van der Waals surface area contributed by atoms with Gasteiger partial charge < -0.3 is 9.88 Å². The zero-order valence-electron chi connectivity index (χ0n) is 10.1. The number of benzene rings is 1. The molecule has 0 radical (unpaired) electrons. The van der Waals surface area contributed by atoms with Gasteiger partial charge in [0.05, 0.1) is 12.2 Å². The standard InChI is InChI=1S/C13H16FN3/c1-3-15-13-16-10(2)8-17(13)9-11-4-6-12(14)7-5-11/h4-8H,3,9H2,1-2H3,(H,15,16). The fraction of sp³-hybridized carbons (Fsp3) is 0.308. The molecule has 0 unspecified atom stereocenters. The molecule has 90 valence electrons. The smallest absolute Gasteiger partial charge is 0.203 e. The van der Waals surface area contributed by atoms with E-state index in [0.29, 0.717) is 6.54 Å². The molecule has 2 rings (SSSR count). The van der Waals surface area contributed by atoms with E-state index in [1.54, 1.807) is 12.1 Å². The van der Waals surface area contributed by atoms with Crippen LogP contribution in [0.3, 0.4) is 0 Å². The van der Waals surface area contributed by atoms with Gasteiger partial charge in [0.2, 0.25) is 5.95 Å². The number of nitrogens with one attached hydrogen (secondary N) is 1. The molecule has 0 spiro atoms. The number of hydrogen-bond acceptors (Lipinski definition) is 2. The van der Waals surface area contributed by atoms with E-state index >= 15 is 0 Å². The number of aromatic nitrogens is 2. The summed E-state index contributed by atoms with van der Waals surface area (Å²) < 4.78 is 14.8. The Labute approximate surface area is 100 Å². The van der Waals surface area contributed by atoms with Crippen LogP contribution in [-0.2, 0) is 6.54 Å². The van der Waals surface area contributed by atoms with Crippen LogP contribution < -0.4 is 5.32 Å². The van der Waals surface area contributed by atoms with Crippen molar-refractivity contribution < 1.29 is 4.39 Å². The van der Waals surface area contributed by atoms with E-state index < -0.39 is 0 Å². The highest BCUT2D eigenvalue weighted by Crippen LogP contribution is 2.12. The van der Waals surface area contributed by atoms with Gasteiger partial charge in [-0.25, -0.2) is 9.37 Å². The highest BCUT2D eigenvalue weighted by atomic mass is 19.1. The normalized spacial score (nSPS) is 10.5. The van der Waals surface area contributed by atoms with Gasteiger partial charge in [0.25, 0.3) is 0 Å². The first-order chi connectivity index (χ1) is 8.19. The minimum Gasteiger partial charge on any atom is -0.356 e. The summed E-state index contributed by atoms with van der Waals surface area (Å²) in [6, 6.07) is 6.54. The summed E-state index contributed by atoms with van der Waals surface area (Å²) in [6.07, 6.45) is 1.99. The van der Waals surface area contributed by atoms with E-state index in [1.807, 2.05) is 24.6 Å². The lowest BCUT2D eigenvalue weighted by Gasteiger charge is -2.08. The first-order valence-electron chi connectivity index (χ1n) is 5.71. The van der Waals surface area contributed by atoms with Gasteiger partial charge in [0.1, 0.15) is 5.82 Å². The fourth-order valence-electron chi connectivity index (χ4n) is 1.75. The Kier molecular flexibility index (Phi) is 3.42. The molecule has 0 amide bonds. The van der Waals surface area contributed by atoms with Crippen LogP contribution in [0, 0.1) is 12.7 Å². The van der Waals surface area contributed by atoms with E-state index in [9.17, 15) is 4.39 Å². The topological polar surface area (TPSA) is 29.9 Å². The summed E-state index contributed by atoms with van der Waals surface area (Å²) in [5.41, 5.74) is 2.03. The molecule has 2 aromatic rings. The molecule has 0 atom stereocenters. The lowest BCUT2D eigenvalue weighted by atomic mass is 10.2. The third-order valence-corrected chi connectivity index (χ3v) is 2.50. The highest BCUT2D eigenvalue weighted by Gasteiger charge is 2.04. The van der Waals surface area contributed by atoms with Gasteiger partial charge in [0.15, 0.2) is 0 Å². The number of hydrogen-bond donors (Lipinski definition) is 1. The lowest BCUT2D eigenvalue weighted by molar-refractivity contribution is 0.626. The molecule has 0 saturated heterocycles. The van der Waals surface area contributed by atoms with Crippen molar-refractivity contribution in [1.29, 1.82) is 0 Å². The Hall–Kier alpha value is -1.84. The fourth-order valence-corrected chi connectivity index (χ4v) is 1.75. The number of halogens is 1. The van der Waals surface area contributed by atoms with Gasteiger partial charge in [-0.15, -0.1) is 0 Å². The monoisotopic (exact) mass is 233 g/mol. The van der Waals surface area contributed by atoms with Crippen LogP contribution >= 0.6 is 0 Å². The van der Waals surface area contributed by atoms with Crippen LogP contribution in [0.5, 0.6) is 0 Å². The second kappa shape index (κ2) is 4.99. The van der Waals surface area contributed by atoms with Crippen LogP contribution in [0.1, 0.15) is 18.2 Å². The predicted octanol–water partition coefficient (Wildman–Crippen LogP) is 2.81. The van der Waals surface area contributed by atoms with Crippen molar-refractivity contribution in [2.24, 2.45) is 0 Å². The summed E-state index contributed by atoms with van der Waals surface area (Å²) in [7, 11) is 0. The van der Waals surface area contributed by atoms with Crippen molar-refractivity contribution in [3.05, 3.63) is 47.5 Å². The maximum absolute atomic E-state index is 12.8. The Morgan fingerprint density at radius 3 is 2.65 bits per heavy atom. The Bertz CT molecular complexity index is 488. The third kappa shape index (κ3) is 2.84. The van der Waals surface area contributed by atoms with Gasteiger partial charge in [-0.2, -0.15) is 0 Å². The van der Waals surface area contributed by atoms with Crippen molar-refractivity contribution in [2.75, 3.05) is 11.9 Å². The summed E-state index contributed by atoms with van der Waals surface area (Å²) >= 11 is 0. The zero-order chi connectivity index (χ0) is 12.3. The number of rotatable bonds is 4. The first kappa shape index (κ1) is 11.6. The van der Waals surface area contributed by atoms with E-state index in [4.69, 9.17) is 0 Å². The molecule has 0 saturated carbocycles. The molecule has 1 aromatic heterocycles. The van der Waals surface area contributed by atoms with Crippen LogP contribution in [0.15, 0.2) is 30.5 Å². The maximum atomic E-state index is 12.8. The largest absolute Gasteiger partial charge is 0.356 e. The molecule has 0 aliphatic carbocycles. The van der Waals surface area contributed by atoms with Crippen LogP contribution in [0.2, 0.25) is 0 Å². The number of imidazole rings is 1. The molecule has 0 aliphatic rings. The van der Waals surface area contributed by atoms with Crippen molar-refractivity contribution in [1.82, 2.24) is 9.55 Å².